The molecule has 0 spiro atoms. The Bertz CT molecular complexity index is 686. The zero-order valence-electron chi connectivity index (χ0n) is 11.9. The summed E-state index contributed by atoms with van der Waals surface area (Å²) in [5.74, 6) is 0.353. The van der Waals surface area contributed by atoms with E-state index in [4.69, 9.17) is 16.0 Å². The van der Waals surface area contributed by atoms with Gasteiger partial charge in [-0.05, 0) is 29.8 Å². The lowest BCUT2D eigenvalue weighted by Crippen LogP contribution is -2.40. The van der Waals surface area contributed by atoms with E-state index in [9.17, 15) is 13.5 Å². The minimum atomic E-state index is -3.78. The molecular formula is C14H17ClN2O4S. The van der Waals surface area contributed by atoms with Crippen LogP contribution in [0.3, 0.4) is 0 Å². The van der Waals surface area contributed by atoms with Crippen molar-refractivity contribution in [3.8, 4) is 0 Å². The highest BCUT2D eigenvalue weighted by molar-refractivity contribution is 7.87. The standard InChI is InChI=1S/C14H17ClN2O4S/c1-17(9-11-4-6-12(15)7-5-11)22(19,20)16-13(10-18)14-3-2-8-21-14/h2-8,13,16,18H,9-10H2,1H3. The molecule has 2 aromatic rings. The Kier molecular flexibility index (Phi) is 5.60. The number of nitrogens with zero attached hydrogens (tertiary/aromatic N) is 1. The molecule has 2 rings (SSSR count). The molecule has 0 radical (unpaired) electrons. The lowest BCUT2D eigenvalue weighted by Gasteiger charge is -2.21. The van der Waals surface area contributed by atoms with E-state index >= 15 is 0 Å². The monoisotopic (exact) mass is 344 g/mol. The molecule has 1 aromatic heterocycles. The first-order valence-corrected chi connectivity index (χ1v) is 8.36. The topological polar surface area (TPSA) is 82.8 Å². The molecule has 1 atom stereocenters. The molecule has 8 heteroatoms. The SMILES string of the molecule is CN(Cc1ccc(Cl)cc1)S(=O)(=O)NC(CO)c1ccco1. The number of hydrogen-bond acceptors (Lipinski definition) is 4. The van der Waals surface area contributed by atoms with Crippen LogP contribution in [0.2, 0.25) is 5.02 Å². The summed E-state index contributed by atoms with van der Waals surface area (Å²) in [5, 5.41) is 9.93. The van der Waals surface area contributed by atoms with E-state index in [2.05, 4.69) is 4.72 Å². The molecule has 0 fully saturated rings. The number of benzene rings is 1. The van der Waals surface area contributed by atoms with Crippen LogP contribution in [0.4, 0.5) is 0 Å². The molecule has 1 heterocycles. The number of halogens is 1. The average Bonchev–Trinajstić information content (AvgIpc) is 3.01. The van der Waals surface area contributed by atoms with E-state index in [0.29, 0.717) is 10.8 Å². The minimum Gasteiger partial charge on any atom is -0.468 e. The fourth-order valence-corrected chi connectivity index (χ4v) is 3.05. The third-order valence-corrected chi connectivity index (χ3v) is 4.87. The number of aliphatic hydroxyl groups is 1. The molecule has 0 aliphatic carbocycles. The van der Waals surface area contributed by atoms with Crippen molar-refractivity contribution >= 4 is 21.8 Å². The third kappa shape index (κ3) is 4.31. The van der Waals surface area contributed by atoms with Crippen molar-refractivity contribution < 1.29 is 17.9 Å². The Morgan fingerprint density at radius 2 is 2.00 bits per heavy atom. The fourth-order valence-electron chi connectivity index (χ4n) is 1.88. The molecule has 22 heavy (non-hydrogen) atoms. The lowest BCUT2D eigenvalue weighted by molar-refractivity contribution is 0.239. The number of hydrogen-bond donors (Lipinski definition) is 2. The Hall–Kier alpha value is -1.38. The van der Waals surface area contributed by atoms with Crippen molar-refractivity contribution in [2.24, 2.45) is 0 Å². The summed E-state index contributed by atoms with van der Waals surface area (Å²) in [6, 6.07) is 9.31. The zero-order chi connectivity index (χ0) is 16.2. The second-order valence-corrected chi connectivity index (χ2v) is 7.00. The van der Waals surface area contributed by atoms with Gasteiger partial charge in [0.1, 0.15) is 11.8 Å². The largest absolute Gasteiger partial charge is 0.468 e. The van der Waals surface area contributed by atoms with Crippen LogP contribution < -0.4 is 4.72 Å². The summed E-state index contributed by atoms with van der Waals surface area (Å²) in [6.45, 7) is -0.218. The van der Waals surface area contributed by atoms with E-state index < -0.39 is 22.9 Å². The molecule has 0 amide bonds. The number of rotatable bonds is 7. The first kappa shape index (κ1) is 17.0. The van der Waals surface area contributed by atoms with E-state index in [-0.39, 0.29) is 6.54 Å². The van der Waals surface area contributed by atoms with Crippen molar-refractivity contribution in [3.63, 3.8) is 0 Å². The first-order chi connectivity index (χ1) is 10.4. The van der Waals surface area contributed by atoms with Crippen LogP contribution >= 0.6 is 11.6 Å². The lowest BCUT2D eigenvalue weighted by atomic mass is 10.2. The Morgan fingerprint density at radius 1 is 1.32 bits per heavy atom. The van der Waals surface area contributed by atoms with Crippen molar-refractivity contribution in [2.45, 2.75) is 12.6 Å². The van der Waals surface area contributed by atoms with Crippen LogP contribution in [-0.4, -0.2) is 31.5 Å². The van der Waals surface area contributed by atoms with Gasteiger partial charge < -0.3 is 9.52 Å². The van der Waals surface area contributed by atoms with E-state index in [1.54, 1.807) is 36.4 Å². The predicted molar refractivity (Wildman–Crippen MR) is 83.5 cm³/mol. The number of nitrogens with one attached hydrogen (secondary N) is 1. The Labute approximate surface area is 134 Å². The van der Waals surface area contributed by atoms with E-state index in [0.717, 1.165) is 9.87 Å². The van der Waals surface area contributed by atoms with Gasteiger partial charge in [-0.2, -0.15) is 17.4 Å². The van der Waals surface area contributed by atoms with Gasteiger partial charge in [0.05, 0.1) is 12.9 Å². The van der Waals surface area contributed by atoms with Crippen LogP contribution in [0, 0.1) is 0 Å². The molecule has 0 saturated carbocycles. The Morgan fingerprint density at radius 3 is 2.55 bits per heavy atom. The molecule has 6 nitrogen and oxygen atoms in total. The second kappa shape index (κ2) is 7.26. The van der Waals surface area contributed by atoms with Crippen molar-refractivity contribution in [3.05, 3.63) is 59.0 Å². The highest BCUT2D eigenvalue weighted by Crippen LogP contribution is 2.16. The summed E-state index contributed by atoms with van der Waals surface area (Å²) < 4.78 is 33.3. The summed E-state index contributed by atoms with van der Waals surface area (Å²) >= 11 is 5.80. The van der Waals surface area contributed by atoms with Crippen LogP contribution in [0.1, 0.15) is 17.4 Å². The predicted octanol–water partition coefficient (Wildman–Crippen LogP) is 1.93. The summed E-state index contributed by atoms with van der Waals surface area (Å²) in [4.78, 5) is 0. The summed E-state index contributed by atoms with van der Waals surface area (Å²) in [7, 11) is -2.32. The fraction of sp³-hybridized carbons (Fsp3) is 0.286. The van der Waals surface area contributed by atoms with Crippen LogP contribution in [-0.2, 0) is 16.8 Å². The zero-order valence-corrected chi connectivity index (χ0v) is 13.5. The van der Waals surface area contributed by atoms with Gasteiger partial charge in [0.2, 0.25) is 0 Å². The molecule has 0 bridgehead atoms. The molecule has 0 aliphatic rings. The molecule has 0 aliphatic heterocycles. The molecular weight excluding hydrogens is 328 g/mol. The highest BCUT2D eigenvalue weighted by Gasteiger charge is 2.24. The molecule has 1 unspecified atom stereocenters. The van der Waals surface area contributed by atoms with Gasteiger partial charge in [-0.15, -0.1) is 0 Å². The van der Waals surface area contributed by atoms with Crippen molar-refractivity contribution in [2.75, 3.05) is 13.7 Å². The first-order valence-electron chi connectivity index (χ1n) is 6.54. The number of furan rings is 1. The molecule has 2 N–H and O–H groups in total. The summed E-state index contributed by atoms with van der Waals surface area (Å²) in [6.07, 6.45) is 1.42. The Balaban J connectivity index is 2.06. The highest BCUT2D eigenvalue weighted by atomic mass is 35.5. The maximum Gasteiger partial charge on any atom is 0.280 e. The van der Waals surface area contributed by atoms with Crippen LogP contribution in [0.5, 0.6) is 0 Å². The van der Waals surface area contributed by atoms with Crippen LogP contribution in [0.15, 0.2) is 47.1 Å². The molecule has 120 valence electrons. The quantitative estimate of drug-likeness (QED) is 0.804. The van der Waals surface area contributed by atoms with Gasteiger partial charge in [-0.3, -0.25) is 0 Å². The summed E-state index contributed by atoms with van der Waals surface area (Å²) in [5.41, 5.74) is 0.802. The van der Waals surface area contributed by atoms with Gasteiger partial charge in [0.25, 0.3) is 10.2 Å². The van der Waals surface area contributed by atoms with E-state index in [1.807, 2.05) is 0 Å². The van der Waals surface area contributed by atoms with E-state index in [1.165, 1.54) is 13.3 Å². The third-order valence-electron chi connectivity index (χ3n) is 3.09. The van der Waals surface area contributed by atoms with Crippen LogP contribution in [0.25, 0.3) is 0 Å². The average molecular weight is 345 g/mol. The van der Waals surface area contributed by atoms with Crippen molar-refractivity contribution in [1.29, 1.82) is 0 Å². The normalized spacial score (nSPS) is 13.5. The van der Waals surface area contributed by atoms with Gasteiger partial charge in [0, 0.05) is 18.6 Å². The molecule has 1 aromatic carbocycles. The smallest absolute Gasteiger partial charge is 0.280 e. The van der Waals surface area contributed by atoms with Gasteiger partial charge >= 0.3 is 0 Å². The number of aliphatic hydroxyl groups excluding tert-OH is 1. The van der Waals surface area contributed by atoms with Crippen molar-refractivity contribution in [1.82, 2.24) is 9.03 Å². The van der Waals surface area contributed by atoms with Gasteiger partial charge in [-0.25, -0.2) is 0 Å². The van der Waals surface area contributed by atoms with Gasteiger partial charge in [-0.1, -0.05) is 23.7 Å². The minimum absolute atomic E-state index is 0.183. The maximum atomic E-state index is 12.3. The second-order valence-electron chi connectivity index (χ2n) is 4.76. The maximum absolute atomic E-state index is 12.3. The molecule has 0 saturated heterocycles. The van der Waals surface area contributed by atoms with Gasteiger partial charge in [0.15, 0.2) is 0 Å².